The first-order valence-corrected chi connectivity index (χ1v) is 8.84. The van der Waals surface area contributed by atoms with Crippen molar-refractivity contribution in [3.05, 3.63) is 29.8 Å². The summed E-state index contributed by atoms with van der Waals surface area (Å²) in [6.07, 6.45) is 5.96. The van der Waals surface area contributed by atoms with Gasteiger partial charge in [-0.1, -0.05) is 0 Å². The Morgan fingerprint density at radius 1 is 1.15 bits per heavy atom. The van der Waals surface area contributed by atoms with Gasteiger partial charge in [0.25, 0.3) is 5.91 Å². The predicted molar refractivity (Wildman–Crippen MR) is 99.2 cm³/mol. The van der Waals surface area contributed by atoms with Crippen molar-refractivity contribution in [3.63, 3.8) is 0 Å². The number of methoxy groups -OCH3 is 2. The molecule has 26 heavy (non-hydrogen) atoms. The van der Waals surface area contributed by atoms with E-state index in [0.29, 0.717) is 17.1 Å². The summed E-state index contributed by atoms with van der Waals surface area (Å²) in [4.78, 5) is 26.2. The van der Waals surface area contributed by atoms with E-state index in [0.717, 1.165) is 19.3 Å². The maximum atomic E-state index is 12.4. The highest BCUT2D eigenvalue weighted by atomic mass is 16.5. The number of carbonyl (C=O) groups excluding carboxylic acids is 2. The van der Waals surface area contributed by atoms with E-state index in [1.165, 1.54) is 6.08 Å². The second-order valence-corrected chi connectivity index (χ2v) is 6.48. The summed E-state index contributed by atoms with van der Waals surface area (Å²) < 4.78 is 15.5. The lowest BCUT2D eigenvalue weighted by Gasteiger charge is -2.38. The molecule has 1 aliphatic rings. The van der Waals surface area contributed by atoms with Crippen LogP contribution in [0.25, 0.3) is 6.08 Å². The third kappa shape index (κ3) is 5.00. The number of esters is 1. The largest absolute Gasteiger partial charge is 0.497 e. The van der Waals surface area contributed by atoms with Gasteiger partial charge in [-0.3, -0.25) is 4.79 Å². The zero-order chi connectivity index (χ0) is 19.1. The summed E-state index contributed by atoms with van der Waals surface area (Å²) in [5.41, 5.74) is 0.688. The minimum atomic E-state index is -0.569. The number of benzene rings is 1. The molecular weight excluding hydrogens is 334 g/mol. The lowest BCUT2D eigenvalue weighted by atomic mass is 9.97. The highest BCUT2D eigenvalue weighted by Crippen LogP contribution is 2.25. The maximum absolute atomic E-state index is 12.4. The van der Waals surface area contributed by atoms with Gasteiger partial charge in [0.05, 0.1) is 14.2 Å². The second-order valence-electron chi connectivity index (χ2n) is 6.48. The average Bonchev–Trinajstić information content (AvgIpc) is 2.64. The number of piperidine rings is 1. The van der Waals surface area contributed by atoms with Crippen LogP contribution in [0.5, 0.6) is 11.5 Å². The van der Waals surface area contributed by atoms with Gasteiger partial charge in [0, 0.05) is 23.7 Å². The van der Waals surface area contributed by atoms with Crippen molar-refractivity contribution >= 4 is 18.0 Å². The summed E-state index contributed by atoms with van der Waals surface area (Å²) in [6.45, 7) is 3.82. The molecule has 1 aromatic rings. The number of nitrogens with zero attached hydrogens (tertiary/aromatic N) is 1. The molecule has 1 aliphatic heterocycles. The molecule has 0 spiro atoms. The fourth-order valence-corrected chi connectivity index (χ4v) is 3.30. The Labute approximate surface area is 154 Å². The molecule has 142 valence electrons. The van der Waals surface area contributed by atoms with Crippen molar-refractivity contribution in [1.82, 2.24) is 4.90 Å². The molecule has 6 nitrogen and oxygen atoms in total. The van der Waals surface area contributed by atoms with E-state index >= 15 is 0 Å². The van der Waals surface area contributed by atoms with Crippen molar-refractivity contribution in [3.8, 4) is 11.5 Å². The van der Waals surface area contributed by atoms with Gasteiger partial charge in [-0.2, -0.15) is 0 Å². The van der Waals surface area contributed by atoms with Gasteiger partial charge >= 0.3 is 5.97 Å². The van der Waals surface area contributed by atoms with Crippen LogP contribution in [0.2, 0.25) is 0 Å². The van der Waals surface area contributed by atoms with Crippen LogP contribution >= 0.6 is 0 Å². The lowest BCUT2D eigenvalue weighted by Crippen LogP contribution is -2.49. The van der Waals surface area contributed by atoms with Crippen molar-refractivity contribution in [2.24, 2.45) is 0 Å². The first-order chi connectivity index (χ1) is 12.5. The third-order valence-electron chi connectivity index (χ3n) is 4.66. The highest BCUT2D eigenvalue weighted by molar-refractivity contribution is 5.90. The summed E-state index contributed by atoms with van der Waals surface area (Å²) >= 11 is 0. The minimum Gasteiger partial charge on any atom is -0.497 e. The molecule has 2 rings (SSSR count). The Balaban J connectivity index is 1.94. The van der Waals surface area contributed by atoms with E-state index in [4.69, 9.17) is 14.2 Å². The summed E-state index contributed by atoms with van der Waals surface area (Å²) in [7, 11) is 3.12. The van der Waals surface area contributed by atoms with Crippen LogP contribution in [0.3, 0.4) is 0 Å². The standard InChI is InChI=1S/C20H27NO5/c1-14-6-5-7-15(2)21(14)19(22)13-26-20(23)11-8-16-12-17(24-3)9-10-18(16)25-4/h8-12,14-15H,5-7,13H2,1-4H3/b11-8+. The Kier molecular flexibility index (Phi) is 7.06. The molecule has 0 aliphatic carbocycles. The normalized spacial score (nSPS) is 20.1. The van der Waals surface area contributed by atoms with Gasteiger partial charge in [0.2, 0.25) is 0 Å². The molecule has 1 aromatic carbocycles. The minimum absolute atomic E-state index is 0.148. The number of rotatable bonds is 6. The number of likely N-dealkylation sites (tertiary alicyclic amines) is 1. The smallest absolute Gasteiger partial charge is 0.331 e. The predicted octanol–water partition coefficient (Wildman–Crippen LogP) is 3.05. The number of hydrogen-bond donors (Lipinski definition) is 0. The number of amides is 1. The van der Waals surface area contributed by atoms with Crippen molar-refractivity contribution < 1.29 is 23.8 Å². The summed E-state index contributed by atoms with van der Waals surface area (Å²) in [5.74, 6) is 0.551. The number of hydrogen-bond acceptors (Lipinski definition) is 5. The molecule has 0 bridgehead atoms. The van der Waals surface area contributed by atoms with Crippen molar-refractivity contribution in [2.45, 2.75) is 45.2 Å². The number of carbonyl (C=O) groups is 2. The highest BCUT2D eigenvalue weighted by Gasteiger charge is 2.29. The van der Waals surface area contributed by atoms with Crippen LogP contribution in [0, 0.1) is 0 Å². The number of ether oxygens (including phenoxy) is 3. The van der Waals surface area contributed by atoms with Gasteiger partial charge < -0.3 is 19.1 Å². The topological polar surface area (TPSA) is 65.1 Å². The maximum Gasteiger partial charge on any atom is 0.331 e. The van der Waals surface area contributed by atoms with Crippen LogP contribution in [-0.4, -0.2) is 49.7 Å². The molecule has 2 atom stereocenters. The van der Waals surface area contributed by atoms with E-state index in [-0.39, 0.29) is 24.6 Å². The fourth-order valence-electron chi connectivity index (χ4n) is 3.30. The third-order valence-corrected chi connectivity index (χ3v) is 4.66. The summed E-state index contributed by atoms with van der Waals surface area (Å²) in [6, 6.07) is 5.65. The van der Waals surface area contributed by atoms with Crippen LogP contribution in [0.15, 0.2) is 24.3 Å². The zero-order valence-electron chi connectivity index (χ0n) is 15.9. The lowest BCUT2D eigenvalue weighted by molar-refractivity contribution is -0.151. The van der Waals surface area contributed by atoms with Crippen LogP contribution in [0.4, 0.5) is 0 Å². The average molecular weight is 361 g/mol. The monoisotopic (exact) mass is 361 g/mol. The second kappa shape index (κ2) is 9.27. The summed E-state index contributed by atoms with van der Waals surface area (Å²) in [5, 5.41) is 0. The van der Waals surface area contributed by atoms with E-state index in [1.807, 2.05) is 18.7 Å². The first-order valence-electron chi connectivity index (χ1n) is 8.84. The first kappa shape index (κ1) is 19.8. The molecule has 1 saturated heterocycles. The van der Waals surface area contributed by atoms with E-state index in [1.54, 1.807) is 38.5 Å². The molecule has 1 fully saturated rings. The molecule has 0 radical (unpaired) electrons. The molecule has 0 saturated carbocycles. The molecule has 0 aromatic heterocycles. The van der Waals surface area contributed by atoms with Gasteiger partial charge in [0.15, 0.2) is 6.61 Å². The van der Waals surface area contributed by atoms with Crippen LogP contribution in [0.1, 0.15) is 38.7 Å². The fraction of sp³-hybridized carbons (Fsp3) is 0.500. The van der Waals surface area contributed by atoms with E-state index in [9.17, 15) is 9.59 Å². The Morgan fingerprint density at radius 3 is 2.46 bits per heavy atom. The van der Waals surface area contributed by atoms with Crippen LogP contribution < -0.4 is 9.47 Å². The molecule has 1 amide bonds. The van der Waals surface area contributed by atoms with Crippen molar-refractivity contribution in [1.29, 1.82) is 0 Å². The molecule has 0 N–H and O–H groups in total. The Hall–Kier alpha value is -2.50. The molecule has 6 heteroatoms. The van der Waals surface area contributed by atoms with Crippen LogP contribution in [-0.2, 0) is 14.3 Å². The van der Waals surface area contributed by atoms with E-state index in [2.05, 4.69) is 0 Å². The van der Waals surface area contributed by atoms with Gasteiger partial charge in [0.1, 0.15) is 11.5 Å². The quantitative estimate of drug-likeness (QED) is 0.576. The molecular formula is C20H27NO5. The SMILES string of the molecule is COc1ccc(OC)c(/C=C/C(=O)OCC(=O)N2C(C)CCCC2C)c1. The van der Waals surface area contributed by atoms with Gasteiger partial charge in [-0.15, -0.1) is 0 Å². The van der Waals surface area contributed by atoms with Gasteiger partial charge in [-0.05, 0) is 57.4 Å². The molecule has 1 heterocycles. The Morgan fingerprint density at radius 2 is 1.85 bits per heavy atom. The Bertz CT molecular complexity index is 660. The zero-order valence-corrected chi connectivity index (χ0v) is 15.9. The van der Waals surface area contributed by atoms with E-state index < -0.39 is 5.97 Å². The molecule has 2 unspecified atom stereocenters. The van der Waals surface area contributed by atoms with Crippen molar-refractivity contribution in [2.75, 3.05) is 20.8 Å². The van der Waals surface area contributed by atoms with Gasteiger partial charge in [-0.25, -0.2) is 4.79 Å².